The molecule has 0 spiro atoms. The highest BCUT2D eigenvalue weighted by atomic mass is 32.2. The van der Waals surface area contributed by atoms with Gasteiger partial charge in [0.1, 0.15) is 29.9 Å². The summed E-state index contributed by atoms with van der Waals surface area (Å²) < 4.78 is 5.88. The van der Waals surface area contributed by atoms with Crippen LogP contribution in [-0.2, 0) is 9.53 Å². The number of carbonyl (C=O) groups excluding carboxylic acids is 1. The van der Waals surface area contributed by atoms with E-state index in [1.54, 1.807) is 11.8 Å². The number of allylic oxidation sites excluding steroid dienone is 2. The fourth-order valence-corrected chi connectivity index (χ4v) is 5.04. The molecule has 8 heteroatoms. The second-order valence-electron chi connectivity index (χ2n) is 8.97. The summed E-state index contributed by atoms with van der Waals surface area (Å²) in [6.07, 6.45) is 5.16. The van der Waals surface area contributed by atoms with Gasteiger partial charge in [-0.25, -0.2) is 0 Å². The number of hydrogen-bond acceptors (Lipinski definition) is 7. The van der Waals surface area contributed by atoms with Crippen molar-refractivity contribution in [2.75, 3.05) is 12.8 Å². The number of nitrogens with one attached hydrogen (secondary N) is 2. The van der Waals surface area contributed by atoms with Crippen LogP contribution in [0, 0.1) is 11.8 Å². The molecule has 0 radical (unpaired) electrons. The van der Waals surface area contributed by atoms with Gasteiger partial charge in [-0.2, -0.15) is 0 Å². The number of hydrogen-bond donors (Lipinski definition) is 5. The van der Waals surface area contributed by atoms with Gasteiger partial charge >= 0.3 is 0 Å². The minimum atomic E-state index is -1.31. The first-order valence-corrected chi connectivity index (χ1v) is 12.0. The number of aliphatic hydroxyl groups is 3. The molecule has 7 nitrogen and oxygen atoms in total. The molecule has 2 saturated heterocycles. The van der Waals surface area contributed by atoms with Crippen molar-refractivity contribution in [1.29, 1.82) is 0 Å². The summed E-state index contributed by atoms with van der Waals surface area (Å²) >= 11 is 1.28. The SMILES string of the molecule is CSC1OC(C(NC(=O)C2CC(CC=C3CCC3)CN2)C(C)C)C(O)C(O)C1O. The minimum Gasteiger partial charge on any atom is -0.388 e. The zero-order valence-electron chi connectivity index (χ0n) is 17.6. The van der Waals surface area contributed by atoms with Crippen molar-refractivity contribution in [3.8, 4) is 0 Å². The molecule has 1 aliphatic carbocycles. The Hall–Kier alpha value is -0.640. The third-order valence-electron chi connectivity index (χ3n) is 6.49. The van der Waals surface area contributed by atoms with E-state index in [2.05, 4.69) is 16.7 Å². The molecular weight excluding hydrogens is 392 g/mol. The van der Waals surface area contributed by atoms with Crippen molar-refractivity contribution >= 4 is 17.7 Å². The molecule has 3 fully saturated rings. The molecule has 5 N–H and O–H groups in total. The van der Waals surface area contributed by atoms with E-state index in [0.29, 0.717) is 5.92 Å². The Balaban J connectivity index is 1.59. The molecule has 166 valence electrons. The Labute approximate surface area is 177 Å². The normalized spacial score (nSPS) is 38.6. The molecule has 3 aliphatic rings. The van der Waals surface area contributed by atoms with E-state index in [9.17, 15) is 20.1 Å². The largest absolute Gasteiger partial charge is 0.388 e. The molecule has 8 unspecified atom stereocenters. The average Bonchev–Trinajstić information content (AvgIpc) is 3.12. The van der Waals surface area contributed by atoms with Crippen molar-refractivity contribution in [3.63, 3.8) is 0 Å². The van der Waals surface area contributed by atoms with Gasteiger partial charge in [0.15, 0.2) is 0 Å². The van der Waals surface area contributed by atoms with Gasteiger partial charge in [-0.05, 0) is 56.7 Å². The highest BCUT2D eigenvalue weighted by Gasteiger charge is 2.47. The average molecular weight is 429 g/mol. The lowest BCUT2D eigenvalue weighted by atomic mass is 9.88. The number of aliphatic hydroxyl groups excluding tert-OH is 3. The molecule has 1 amide bonds. The topological polar surface area (TPSA) is 111 Å². The zero-order chi connectivity index (χ0) is 21.1. The predicted octanol–water partition coefficient (Wildman–Crippen LogP) is 0.776. The fraction of sp³-hybridized carbons (Fsp3) is 0.857. The summed E-state index contributed by atoms with van der Waals surface area (Å²) in [6, 6.07) is -0.721. The summed E-state index contributed by atoms with van der Waals surface area (Å²) in [5, 5.41) is 37.2. The van der Waals surface area contributed by atoms with Crippen LogP contribution in [-0.4, -0.2) is 76.0 Å². The molecule has 8 atom stereocenters. The summed E-state index contributed by atoms with van der Waals surface area (Å²) in [7, 11) is 0. The minimum absolute atomic E-state index is 0.0101. The van der Waals surface area contributed by atoms with E-state index in [1.165, 1.54) is 31.0 Å². The molecule has 0 aromatic heterocycles. The standard InChI is InChI=1S/C21H36N2O5S/c1-11(2)15(19-17(25)16(24)18(26)21(28-19)29-3)23-20(27)14-9-13(10-22-14)8-7-12-5-4-6-12/h7,11,13-19,21-22,24-26H,4-6,8-10H2,1-3H3,(H,23,27). The monoisotopic (exact) mass is 428 g/mol. The zero-order valence-corrected chi connectivity index (χ0v) is 18.4. The van der Waals surface area contributed by atoms with Crippen molar-refractivity contribution in [2.24, 2.45) is 11.8 Å². The van der Waals surface area contributed by atoms with Gasteiger partial charge in [0.25, 0.3) is 0 Å². The maximum absolute atomic E-state index is 12.9. The maximum Gasteiger partial charge on any atom is 0.237 e. The van der Waals surface area contributed by atoms with Crippen LogP contribution in [0.1, 0.15) is 46.0 Å². The van der Waals surface area contributed by atoms with E-state index in [4.69, 9.17) is 4.74 Å². The lowest BCUT2D eigenvalue weighted by Crippen LogP contribution is -2.64. The van der Waals surface area contributed by atoms with Crippen molar-refractivity contribution in [3.05, 3.63) is 11.6 Å². The van der Waals surface area contributed by atoms with Crippen LogP contribution in [0.2, 0.25) is 0 Å². The highest BCUT2D eigenvalue weighted by molar-refractivity contribution is 7.99. The second kappa shape index (κ2) is 10.1. The van der Waals surface area contributed by atoms with E-state index in [0.717, 1.165) is 19.4 Å². The third kappa shape index (κ3) is 5.35. The predicted molar refractivity (Wildman–Crippen MR) is 113 cm³/mol. The molecule has 0 bridgehead atoms. The summed E-state index contributed by atoms with van der Waals surface area (Å²) in [6.45, 7) is 4.72. The van der Waals surface area contributed by atoms with Gasteiger partial charge in [0.2, 0.25) is 5.91 Å². The van der Waals surface area contributed by atoms with Gasteiger partial charge in [-0.3, -0.25) is 4.79 Å². The van der Waals surface area contributed by atoms with Gasteiger partial charge in [-0.15, -0.1) is 11.8 Å². The Morgan fingerprint density at radius 1 is 1.28 bits per heavy atom. The van der Waals surface area contributed by atoms with E-state index in [1.807, 2.05) is 13.8 Å². The Kier molecular flexibility index (Phi) is 8.03. The highest BCUT2D eigenvalue weighted by Crippen LogP contribution is 2.31. The van der Waals surface area contributed by atoms with E-state index in [-0.39, 0.29) is 17.9 Å². The first-order valence-electron chi connectivity index (χ1n) is 10.8. The summed E-state index contributed by atoms with van der Waals surface area (Å²) in [5.41, 5.74) is 0.899. The fourth-order valence-electron chi connectivity index (χ4n) is 4.36. The molecule has 3 rings (SSSR count). The number of carbonyl (C=O) groups is 1. The van der Waals surface area contributed by atoms with Gasteiger partial charge < -0.3 is 30.7 Å². The number of ether oxygens (including phenoxy) is 1. The molecule has 0 aromatic rings. The van der Waals surface area contributed by atoms with Gasteiger partial charge in [0.05, 0.1) is 12.1 Å². The van der Waals surface area contributed by atoms with Crippen LogP contribution in [0.5, 0.6) is 0 Å². The molecule has 2 heterocycles. The summed E-state index contributed by atoms with van der Waals surface area (Å²) in [4.78, 5) is 12.9. The van der Waals surface area contributed by atoms with Crippen LogP contribution in [0.3, 0.4) is 0 Å². The number of thioether (sulfide) groups is 1. The van der Waals surface area contributed by atoms with Crippen molar-refractivity contribution < 1.29 is 24.9 Å². The number of amides is 1. The molecule has 0 aromatic carbocycles. The molecular formula is C21H36N2O5S. The van der Waals surface area contributed by atoms with Crippen LogP contribution in [0.4, 0.5) is 0 Å². The van der Waals surface area contributed by atoms with Crippen molar-refractivity contribution in [2.45, 2.75) is 87.9 Å². The first-order chi connectivity index (χ1) is 13.8. The second-order valence-corrected chi connectivity index (χ2v) is 9.91. The molecule has 1 saturated carbocycles. The first kappa shape index (κ1) is 23.0. The van der Waals surface area contributed by atoms with Crippen LogP contribution < -0.4 is 10.6 Å². The maximum atomic E-state index is 12.9. The summed E-state index contributed by atoms with van der Waals surface area (Å²) in [5.74, 6) is 0.356. The van der Waals surface area contributed by atoms with Crippen LogP contribution >= 0.6 is 11.8 Å². The van der Waals surface area contributed by atoms with Gasteiger partial charge in [-0.1, -0.05) is 25.5 Å². The Bertz CT molecular complexity index is 594. The Morgan fingerprint density at radius 3 is 2.59 bits per heavy atom. The number of rotatable bonds is 7. The van der Waals surface area contributed by atoms with E-state index >= 15 is 0 Å². The van der Waals surface area contributed by atoms with Gasteiger partial charge in [0, 0.05) is 0 Å². The third-order valence-corrected chi connectivity index (χ3v) is 7.35. The lowest BCUT2D eigenvalue weighted by Gasteiger charge is -2.44. The Morgan fingerprint density at radius 2 is 2.00 bits per heavy atom. The lowest BCUT2D eigenvalue weighted by molar-refractivity contribution is -0.208. The smallest absolute Gasteiger partial charge is 0.237 e. The molecule has 2 aliphatic heterocycles. The quantitative estimate of drug-likeness (QED) is 0.381. The molecule has 29 heavy (non-hydrogen) atoms. The van der Waals surface area contributed by atoms with Crippen molar-refractivity contribution in [1.82, 2.24) is 10.6 Å². The van der Waals surface area contributed by atoms with E-state index < -0.39 is 35.9 Å². The van der Waals surface area contributed by atoms with Crippen LogP contribution in [0.15, 0.2) is 11.6 Å². The van der Waals surface area contributed by atoms with Crippen LogP contribution in [0.25, 0.3) is 0 Å².